The minimum atomic E-state index is -3.93. The molecule has 0 aliphatic heterocycles. The molecule has 2 rings (SSSR count). The molecular formula is C13H13N3O4S. The Morgan fingerprint density at radius 3 is 2.48 bits per heavy atom. The molecule has 0 saturated carbocycles. The Labute approximate surface area is 121 Å². The zero-order chi connectivity index (χ0) is 15.6. The number of carboxylic acids is 1. The number of aryl methyl sites for hydroxylation is 2. The molecule has 2 N–H and O–H groups in total. The van der Waals surface area contributed by atoms with Gasteiger partial charge in [0.15, 0.2) is 5.82 Å². The van der Waals surface area contributed by atoms with Crippen LogP contribution in [-0.2, 0) is 10.0 Å². The van der Waals surface area contributed by atoms with Crippen molar-refractivity contribution in [3.8, 4) is 0 Å². The van der Waals surface area contributed by atoms with Gasteiger partial charge in [-0.3, -0.25) is 9.71 Å². The number of aromatic carboxylic acids is 1. The number of nitrogens with one attached hydrogen (secondary N) is 1. The Kier molecular flexibility index (Phi) is 3.90. The summed E-state index contributed by atoms with van der Waals surface area (Å²) in [5, 5.41) is 9.10. The van der Waals surface area contributed by atoms with Crippen LogP contribution in [0.4, 0.5) is 5.82 Å². The summed E-state index contributed by atoms with van der Waals surface area (Å²) < 4.78 is 26.9. The molecule has 0 saturated heterocycles. The third-order valence-corrected chi connectivity index (χ3v) is 4.34. The molecule has 7 nitrogen and oxygen atoms in total. The topological polar surface area (TPSA) is 109 Å². The predicted molar refractivity (Wildman–Crippen MR) is 75.7 cm³/mol. The largest absolute Gasteiger partial charge is 0.478 e. The molecule has 0 amide bonds. The molecule has 110 valence electrons. The van der Waals surface area contributed by atoms with E-state index >= 15 is 0 Å². The van der Waals surface area contributed by atoms with Crippen LogP contribution in [0, 0.1) is 13.8 Å². The highest BCUT2D eigenvalue weighted by Crippen LogP contribution is 2.22. The molecule has 1 heterocycles. The average Bonchev–Trinajstić information content (AvgIpc) is 2.38. The number of carboxylic acid groups (broad SMARTS) is 1. The van der Waals surface area contributed by atoms with E-state index in [1.165, 1.54) is 24.7 Å². The number of hydrogen-bond donors (Lipinski definition) is 2. The fourth-order valence-corrected chi connectivity index (χ4v) is 3.14. The van der Waals surface area contributed by atoms with Crippen molar-refractivity contribution >= 4 is 21.8 Å². The summed E-state index contributed by atoms with van der Waals surface area (Å²) in [4.78, 5) is 18.6. The summed E-state index contributed by atoms with van der Waals surface area (Å²) >= 11 is 0. The van der Waals surface area contributed by atoms with Gasteiger partial charge in [0, 0.05) is 12.4 Å². The van der Waals surface area contributed by atoms with Gasteiger partial charge in [-0.1, -0.05) is 6.07 Å². The lowest BCUT2D eigenvalue weighted by Crippen LogP contribution is -2.16. The van der Waals surface area contributed by atoms with E-state index in [0.29, 0.717) is 11.1 Å². The molecule has 0 aliphatic carbocycles. The lowest BCUT2D eigenvalue weighted by Gasteiger charge is -2.11. The van der Waals surface area contributed by atoms with Crippen molar-refractivity contribution in [3.63, 3.8) is 0 Å². The SMILES string of the molecule is Cc1cc(C)c(S(=O)(=O)Nc2cnccn2)cc1C(=O)O. The van der Waals surface area contributed by atoms with Crippen molar-refractivity contribution < 1.29 is 18.3 Å². The summed E-state index contributed by atoms with van der Waals surface area (Å²) in [6.45, 7) is 3.22. The van der Waals surface area contributed by atoms with Crippen molar-refractivity contribution in [2.45, 2.75) is 18.7 Å². The monoisotopic (exact) mass is 307 g/mol. The number of sulfonamides is 1. The molecule has 8 heteroatoms. The molecule has 0 bridgehead atoms. The number of nitrogens with zero attached hydrogens (tertiary/aromatic N) is 2. The highest BCUT2D eigenvalue weighted by molar-refractivity contribution is 7.92. The molecule has 0 radical (unpaired) electrons. The number of anilines is 1. The first-order valence-corrected chi connectivity index (χ1v) is 7.43. The van der Waals surface area contributed by atoms with Gasteiger partial charge < -0.3 is 5.11 Å². The lowest BCUT2D eigenvalue weighted by atomic mass is 10.1. The van der Waals surface area contributed by atoms with E-state index in [2.05, 4.69) is 14.7 Å². The number of rotatable bonds is 4. The molecule has 0 aliphatic rings. The van der Waals surface area contributed by atoms with E-state index in [1.807, 2.05) is 0 Å². The Hall–Kier alpha value is -2.48. The van der Waals surface area contributed by atoms with Crippen LogP contribution in [-0.4, -0.2) is 29.5 Å². The minimum Gasteiger partial charge on any atom is -0.478 e. The molecule has 1 aromatic heterocycles. The molecular weight excluding hydrogens is 294 g/mol. The fraction of sp³-hybridized carbons (Fsp3) is 0.154. The molecule has 2 aromatic rings. The first-order chi connectivity index (χ1) is 9.81. The summed E-state index contributed by atoms with van der Waals surface area (Å²) in [5.41, 5.74) is 0.896. The van der Waals surface area contributed by atoms with Gasteiger partial charge in [-0.15, -0.1) is 0 Å². The minimum absolute atomic E-state index is 0.0554. The van der Waals surface area contributed by atoms with Crippen molar-refractivity contribution in [2.24, 2.45) is 0 Å². The van der Waals surface area contributed by atoms with Crippen LogP contribution < -0.4 is 4.72 Å². The average molecular weight is 307 g/mol. The molecule has 0 unspecified atom stereocenters. The summed E-state index contributed by atoms with van der Waals surface area (Å²) in [6, 6.07) is 2.67. The summed E-state index contributed by atoms with van der Waals surface area (Å²) in [6.07, 6.45) is 4.03. The molecule has 0 spiro atoms. The van der Waals surface area contributed by atoms with Gasteiger partial charge >= 0.3 is 5.97 Å². The first kappa shape index (κ1) is 14.9. The normalized spacial score (nSPS) is 11.1. The van der Waals surface area contributed by atoms with Gasteiger partial charge in [0.25, 0.3) is 10.0 Å². The highest BCUT2D eigenvalue weighted by Gasteiger charge is 2.21. The van der Waals surface area contributed by atoms with E-state index in [9.17, 15) is 13.2 Å². The summed E-state index contributed by atoms with van der Waals surface area (Å²) in [7, 11) is -3.93. The van der Waals surface area contributed by atoms with Crippen LogP contribution in [0.25, 0.3) is 0 Å². The van der Waals surface area contributed by atoms with Crippen LogP contribution in [0.5, 0.6) is 0 Å². The van der Waals surface area contributed by atoms with Crippen LogP contribution in [0.3, 0.4) is 0 Å². The van der Waals surface area contributed by atoms with Crippen LogP contribution in [0.2, 0.25) is 0 Å². The number of carbonyl (C=O) groups is 1. The number of hydrogen-bond acceptors (Lipinski definition) is 5. The maximum absolute atomic E-state index is 12.3. The van der Waals surface area contributed by atoms with E-state index in [1.54, 1.807) is 13.8 Å². The highest BCUT2D eigenvalue weighted by atomic mass is 32.2. The second-order valence-electron chi connectivity index (χ2n) is 4.43. The van der Waals surface area contributed by atoms with Gasteiger partial charge in [0.1, 0.15) is 0 Å². The Balaban J connectivity index is 2.50. The second kappa shape index (κ2) is 5.49. The third kappa shape index (κ3) is 3.16. The zero-order valence-electron chi connectivity index (χ0n) is 11.4. The lowest BCUT2D eigenvalue weighted by molar-refractivity contribution is 0.0696. The van der Waals surface area contributed by atoms with Crippen molar-refractivity contribution in [1.82, 2.24) is 9.97 Å². The van der Waals surface area contributed by atoms with Crippen LogP contribution in [0.1, 0.15) is 21.5 Å². The van der Waals surface area contributed by atoms with Gasteiger partial charge in [-0.25, -0.2) is 18.2 Å². The van der Waals surface area contributed by atoms with Crippen molar-refractivity contribution in [2.75, 3.05) is 4.72 Å². The third-order valence-electron chi connectivity index (χ3n) is 2.84. The molecule has 0 fully saturated rings. The fourth-order valence-electron chi connectivity index (χ4n) is 1.90. The first-order valence-electron chi connectivity index (χ1n) is 5.94. The van der Waals surface area contributed by atoms with Gasteiger partial charge in [-0.05, 0) is 31.0 Å². The van der Waals surface area contributed by atoms with Crippen LogP contribution in [0.15, 0.2) is 35.6 Å². The Morgan fingerprint density at radius 2 is 1.90 bits per heavy atom. The number of benzene rings is 1. The van der Waals surface area contributed by atoms with Crippen molar-refractivity contribution in [3.05, 3.63) is 47.4 Å². The molecule has 21 heavy (non-hydrogen) atoms. The Morgan fingerprint density at radius 1 is 1.19 bits per heavy atom. The van der Waals surface area contributed by atoms with E-state index < -0.39 is 16.0 Å². The van der Waals surface area contributed by atoms with Crippen molar-refractivity contribution in [1.29, 1.82) is 0 Å². The maximum atomic E-state index is 12.3. The van der Waals surface area contributed by atoms with E-state index in [4.69, 9.17) is 5.11 Å². The maximum Gasteiger partial charge on any atom is 0.335 e. The Bertz CT molecular complexity index is 789. The standard InChI is InChI=1S/C13H13N3O4S/c1-8-5-9(2)11(6-10(8)13(17)18)21(19,20)16-12-7-14-3-4-15-12/h3-7H,1-2H3,(H,15,16)(H,17,18). The predicted octanol–water partition coefficient (Wildman–Crippen LogP) is 1.59. The number of aromatic nitrogens is 2. The second-order valence-corrected chi connectivity index (χ2v) is 6.08. The van der Waals surface area contributed by atoms with E-state index in [-0.39, 0.29) is 16.3 Å². The molecule has 1 aromatic carbocycles. The van der Waals surface area contributed by atoms with Gasteiger partial charge in [0.2, 0.25) is 0 Å². The van der Waals surface area contributed by atoms with Crippen LogP contribution >= 0.6 is 0 Å². The van der Waals surface area contributed by atoms with E-state index in [0.717, 1.165) is 6.07 Å². The van der Waals surface area contributed by atoms with Gasteiger partial charge in [0.05, 0.1) is 16.7 Å². The smallest absolute Gasteiger partial charge is 0.335 e. The van der Waals surface area contributed by atoms with Gasteiger partial charge in [-0.2, -0.15) is 0 Å². The summed E-state index contributed by atoms with van der Waals surface area (Å²) in [5.74, 6) is -1.11. The quantitative estimate of drug-likeness (QED) is 0.887. The zero-order valence-corrected chi connectivity index (χ0v) is 12.2. The molecule has 0 atom stereocenters.